The van der Waals surface area contributed by atoms with Crippen LogP contribution >= 0.6 is 22.9 Å². The molecule has 2 rings (SSSR count). The number of thiophene rings is 1. The average Bonchev–Trinajstić information content (AvgIpc) is 2.56. The SMILES string of the molecule is Fc1c(Cl)ccc2cc(C(F)F)sc12. The van der Waals surface area contributed by atoms with Gasteiger partial charge in [-0.3, -0.25) is 0 Å². The van der Waals surface area contributed by atoms with Crippen LogP contribution in [0, 0.1) is 5.82 Å². The van der Waals surface area contributed by atoms with Gasteiger partial charge >= 0.3 is 0 Å². The molecule has 5 heteroatoms. The van der Waals surface area contributed by atoms with Crippen LogP contribution in [-0.2, 0) is 0 Å². The van der Waals surface area contributed by atoms with Crippen molar-refractivity contribution in [1.29, 1.82) is 0 Å². The van der Waals surface area contributed by atoms with Crippen LogP contribution in [0.15, 0.2) is 18.2 Å². The second-order valence-electron chi connectivity index (χ2n) is 2.73. The Morgan fingerprint density at radius 1 is 1.29 bits per heavy atom. The molecular weight excluding hydrogens is 233 g/mol. The van der Waals surface area contributed by atoms with Crippen LogP contribution < -0.4 is 0 Å². The standard InChI is InChI=1S/C9H4ClF3S/c10-5-2-1-4-3-6(9(12)13)14-8(4)7(5)11/h1-3,9H. The minimum Gasteiger partial charge on any atom is -0.204 e. The van der Waals surface area contributed by atoms with E-state index in [0.717, 1.165) is 11.3 Å². The fourth-order valence-corrected chi connectivity index (χ4v) is 2.34. The van der Waals surface area contributed by atoms with E-state index in [-0.39, 0.29) is 14.6 Å². The molecule has 0 fully saturated rings. The lowest BCUT2D eigenvalue weighted by molar-refractivity contribution is 0.156. The first-order chi connectivity index (χ1) is 6.59. The van der Waals surface area contributed by atoms with E-state index in [1.165, 1.54) is 18.2 Å². The first-order valence-corrected chi connectivity index (χ1v) is 4.94. The summed E-state index contributed by atoms with van der Waals surface area (Å²) in [6.45, 7) is 0. The molecule has 0 unspecified atom stereocenters. The highest BCUT2D eigenvalue weighted by molar-refractivity contribution is 7.19. The molecule has 2 aromatic rings. The van der Waals surface area contributed by atoms with Crippen LogP contribution in [0.3, 0.4) is 0 Å². The van der Waals surface area contributed by atoms with Crippen LogP contribution in [0.4, 0.5) is 13.2 Å². The van der Waals surface area contributed by atoms with Gasteiger partial charge in [0, 0.05) is 0 Å². The first-order valence-electron chi connectivity index (χ1n) is 3.75. The zero-order valence-electron chi connectivity index (χ0n) is 6.73. The second kappa shape index (κ2) is 3.44. The zero-order chi connectivity index (χ0) is 10.3. The van der Waals surface area contributed by atoms with Gasteiger partial charge in [-0.25, -0.2) is 13.2 Å². The molecule has 74 valence electrons. The zero-order valence-corrected chi connectivity index (χ0v) is 8.30. The van der Waals surface area contributed by atoms with E-state index in [2.05, 4.69) is 0 Å². The molecule has 0 radical (unpaired) electrons. The molecule has 0 N–H and O–H groups in total. The molecule has 14 heavy (non-hydrogen) atoms. The summed E-state index contributed by atoms with van der Waals surface area (Å²) in [5, 5.41) is 0.423. The summed E-state index contributed by atoms with van der Waals surface area (Å²) >= 11 is 6.26. The van der Waals surface area contributed by atoms with Crippen LogP contribution in [0.5, 0.6) is 0 Å². The highest BCUT2D eigenvalue weighted by Gasteiger charge is 2.14. The number of fused-ring (bicyclic) bond motifs is 1. The van der Waals surface area contributed by atoms with Gasteiger partial charge in [0.25, 0.3) is 6.43 Å². The normalized spacial score (nSPS) is 11.5. The van der Waals surface area contributed by atoms with Gasteiger partial charge in [0.05, 0.1) is 14.6 Å². The number of rotatable bonds is 1. The predicted molar refractivity (Wildman–Crippen MR) is 51.8 cm³/mol. The molecule has 0 amide bonds. The summed E-state index contributed by atoms with van der Waals surface area (Å²) in [5.41, 5.74) is 0. The molecule has 0 aliphatic rings. The summed E-state index contributed by atoms with van der Waals surface area (Å²) in [6.07, 6.45) is -2.56. The quantitative estimate of drug-likeness (QED) is 0.677. The molecule has 1 aromatic heterocycles. The highest BCUT2D eigenvalue weighted by atomic mass is 35.5. The van der Waals surface area contributed by atoms with E-state index in [0.29, 0.717) is 5.39 Å². The van der Waals surface area contributed by atoms with Crippen LogP contribution in [0.2, 0.25) is 5.02 Å². The Kier molecular flexibility index (Phi) is 2.41. The Morgan fingerprint density at radius 2 is 2.00 bits per heavy atom. The number of hydrogen-bond donors (Lipinski definition) is 0. The molecule has 0 saturated heterocycles. The number of benzene rings is 1. The molecule has 0 spiro atoms. The maximum atomic E-state index is 13.3. The Labute approximate surface area is 86.9 Å². The molecule has 1 heterocycles. The van der Waals surface area contributed by atoms with E-state index in [9.17, 15) is 13.2 Å². The van der Waals surface area contributed by atoms with Gasteiger partial charge in [-0.05, 0) is 17.5 Å². The summed E-state index contributed by atoms with van der Waals surface area (Å²) in [6, 6.07) is 4.17. The van der Waals surface area contributed by atoms with Crippen LogP contribution in [-0.4, -0.2) is 0 Å². The predicted octanol–water partition coefficient (Wildman–Crippen LogP) is 4.63. The molecule has 0 atom stereocenters. The van der Waals surface area contributed by atoms with Crippen molar-refractivity contribution in [3.8, 4) is 0 Å². The Hall–Kier alpha value is -0.740. The molecule has 0 aliphatic heterocycles. The molecule has 0 bridgehead atoms. The van der Waals surface area contributed by atoms with E-state index >= 15 is 0 Å². The molecule has 1 aromatic carbocycles. The lowest BCUT2D eigenvalue weighted by Crippen LogP contribution is -1.74. The average molecular weight is 237 g/mol. The number of alkyl halides is 2. The lowest BCUT2D eigenvalue weighted by atomic mass is 10.2. The largest absolute Gasteiger partial charge is 0.272 e. The summed E-state index contributed by atoms with van der Waals surface area (Å²) in [7, 11) is 0. The van der Waals surface area contributed by atoms with Crippen molar-refractivity contribution in [2.45, 2.75) is 6.43 Å². The van der Waals surface area contributed by atoms with Gasteiger partial charge in [-0.2, -0.15) is 0 Å². The third kappa shape index (κ3) is 1.48. The lowest BCUT2D eigenvalue weighted by Gasteiger charge is -1.93. The van der Waals surface area contributed by atoms with Crippen molar-refractivity contribution in [3.63, 3.8) is 0 Å². The van der Waals surface area contributed by atoms with E-state index in [1.54, 1.807) is 0 Å². The highest BCUT2D eigenvalue weighted by Crippen LogP contribution is 2.35. The van der Waals surface area contributed by atoms with E-state index in [1.807, 2.05) is 0 Å². The fraction of sp³-hybridized carbons (Fsp3) is 0.111. The number of hydrogen-bond acceptors (Lipinski definition) is 1. The van der Waals surface area contributed by atoms with Gasteiger partial charge in [-0.1, -0.05) is 17.7 Å². The smallest absolute Gasteiger partial charge is 0.204 e. The van der Waals surface area contributed by atoms with Crippen molar-refractivity contribution < 1.29 is 13.2 Å². The molecule has 0 aliphatic carbocycles. The van der Waals surface area contributed by atoms with Crippen molar-refractivity contribution in [1.82, 2.24) is 0 Å². The summed E-state index contributed by atoms with van der Waals surface area (Å²) in [4.78, 5) is -0.138. The Bertz CT molecular complexity index is 478. The topological polar surface area (TPSA) is 0 Å². The molecule has 0 saturated carbocycles. The van der Waals surface area contributed by atoms with E-state index < -0.39 is 12.2 Å². The monoisotopic (exact) mass is 236 g/mol. The molecular formula is C9H4ClF3S. The second-order valence-corrected chi connectivity index (χ2v) is 4.22. The van der Waals surface area contributed by atoms with Gasteiger partial charge < -0.3 is 0 Å². The Balaban J connectivity index is 2.71. The van der Waals surface area contributed by atoms with Crippen LogP contribution in [0.25, 0.3) is 10.1 Å². The van der Waals surface area contributed by atoms with Crippen molar-refractivity contribution >= 4 is 33.0 Å². The summed E-state index contributed by atoms with van der Waals surface area (Å²) in [5.74, 6) is -0.624. The maximum absolute atomic E-state index is 13.3. The first kappa shape index (κ1) is 9.80. The van der Waals surface area contributed by atoms with Crippen molar-refractivity contribution in [2.75, 3.05) is 0 Å². The van der Waals surface area contributed by atoms with E-state index in [4.69, 9.17) is 11.6 Å². The van der Waals surface area contributed by atoms with Crippen LogP contribution in [0.1, 0.15) is 11.3 Å². The maximum Gasteiger partial charge on any atom is 0.272 e. The third-order valence-corrected chi connectivity index (χ3v) is 3.26. The van der Waals surface area contributed by atoms with Gasteiger partial charge in [0.15, 0.2) is 5.82 Å². The van der Waals surface area contributed by atoms with Crippen molar-refractivity contribution in [2.24, 2.45) is 0 Å². The number of halogens is 4. The Morgan fingerprint density at radius 3 is 2.64 bits per heavy atom. The summed E-state index contributed by atoms with van der Waals surface area (Å²) < 4.78 is 38.1. The van der Waals surface area contributed by atoms with Gasteiger partial charge in [0.1, 0.15) is 0 Å². The van der Waals surface area contributed by atoms with Gasteiger partial charge in [0.2, 0.25) is 0 Å². The molecule has 0 nitrogen and oxygen atoms in total. The van der Waals surface area contributed by atoms with Crippen molar-refractivity contribution in [3.05, 3.63) is 33.9 Å². The third-order valence-electron chi connectivity index (χ3n) is 1.81. The minimum atomic E-state index is -2.56. The minimum absolute atomic E-state index is 0.0415. The van der Waals surface area contributed by atoms with Gasteiger partial charge in [-0.15, -0.1) is 11.3 Å². The fourth-order valence-electron chi connectivity index (χ4n) is 1.17.